The molecule has 1 aliphatic carbocycles. The Balaban J connectivity index is 1.86. The zero-order valence-corrected chi connectivity index (χ0v) is 11.9. The van der Waals surface area contributed by atoms with E-state index < -0.39 is 5.72 Å². The largest absolute Gasteiger partial charge is 0.371 e. The first kappa shape index (κ1) is 13.1. The summed E-state index contributed by atoms with van der Waals surface area (Å²) in [4.78, 5) is 17.3. The summed E-state index contributed by atoms with van der Waals surface area (Å²) in [5.74, 6) is 1.23. The summed E-state index contributed by atoms with van der Waals surface area (Å²) in [6.45, 7) is 0. The maximum absolute atomic E-state index is 10.4. The van der Waals surface area contributed by atoms with Gasteiger partial charge in [0.2, 0.25) is 0 Å². The van der Waals surface area contributed by atoms with Crippen molar-refractivity contribution in [3.8, 4) is 11.4 Å². The number of aromatic nitrogens is 4. The van der Waals surface area contributed by atoms with Crippen LogP contribution in [0.3, 0.4) is 0 Å². The van der Waals surface area contributed by atoms with Gasteiger partial charge in [0.15, 0.2) is 5.82 Å². The van der Waals surface area contributed by atoms with Crippen LogP contribution in [0.1, 0.15) is 19.3 Å². The summed E-state index contributed by atoms with van der Waals surface area (Å²) in [6, 6.07) is 5.58. The van der Waals surface area contributed by atoms with Crippen LogP contribution in [0.5, 0.6) is 0 Å². The normalized spacial score (nSPS) is 16.2. The summed E-state index contributed by atoms with van der Waals surface area (Å²) < 4.78 is 0. The van der Waals surface area contributed by atoms with E-state index in [9.17, 15) is 5.11 Å². The number of aliphatic hydroxyl groups is 1. The fourth-order valence-corrected chi connectivity index (χ4v) is 2.56. The molecule has 3 aromatic rings. The van der Waals surface area contributed by atoms with Crippen LogP contribution < -0.4 is 5.32 Å². The average Bonchev–Trinajstić information content (AvgIpc) is 2.54. The average molecular weight is 293 g/mol. The predicted molar refractivity (Wildman–Crippen MR) is 83.0 cm³/mol. The number of hydrogen-bond donors (Lipinski definition) is 2. The molecule has 6 heteroatoms. The van der Waals surface area contributed by atoms with Crippen molar-refractivity contribution in [1.82, 2.24) is 19.9 Å². The fourth-order valence-electron chi connectivity index (χ4n) is 2.56. The van der Waals surface area contributed by atoms with Crippen molar-refractivity contribution in [2.45, 2.75) is 25.0 Å². The highest BCUT2D eigenvalue weighted by Gasteiger charge is 2.35. The Hall–Kier alpha value is -2.60. The number of nitrogens with zero attached hydrogens (tertiary/aromatic N) is 4. The highest BCUT2D eigenvalue weighted by atomic mass is 16.3. The van der Waals surface area contributed by atoms with Crippen LogP contribution in [0, 0.1) is 0 Å². The Morgan fingerprint density at radius 1 is 1.00 bits per heavy atom. The molecule has 1 fully saturated rings. The quantitative estimate of drug-likeness (QED) is 0.721. The molecule has 0 aliphatic heterocycles. The molecule has 6 nitrogen and oxygen atoms in total. The lowest BCUT2D eigenvalue weighted by atomic mass is 9.88. The number of anilines is 1. The Bertz CT molecular complexity index is 817. The van der Waals surface area contributed by atoms with Gasteiger partial charge in [0, 0.05) is 29.5 Å². The second kappa shape index (κ2) is 4.99. The molecule has 0 atom stereocenters. The van der Waals surface area contributed by atoms with Crippen LogP contribution >= 0.6 is 0 Å². The van der Waals surface area contributed by atoms with Crippen LogP contribution in [-0.4, -0.2) is 30.8 Å². The minimum absolute atomic E-state index is 0.591. The van der Waals surface area contributed by atoms with Gasteiger partial charge in [0.05, 0.1) is 11.7 Å². The van der Waals surface area contributed by atoms with Crippen molar-refractivity contribution in [3.05, 3.63) is 43.0 Å². The third-order valence-electron chi connectivity index (χ3n) is 3.97. The minimum atomic E-state index is -0.861. The third-order valence-corrected chi connectivity index (χ3v) is 3.97. The van der Waals surface area contributed by atoms with Gasteiger partial charge in [-0.05, 0) is 37.5 Å². The lowest BCUT2D eigenvalue weighted by molar-refractivity contribution is -0.00561. The van der Waals surface area contributed by atoms with E-state index in [1.807, 2.05) is 18.2 Å². The first-order valence-corrected chi connectivity index (χ1v) is 7.26. The molecule has 1 saturated carbocycles. The maximum atomic E-state index is 10.4. The van der Waals surface area contributed by atoms with Gasteiger partial charge in [-0.25, -0.2) is 9.97 Å². The van der Waals surface area contributed by atoms with Crippen molar-refractivity contribution >= 4 is 16.7 Å². The van der Waals surface area contributed by atoms with Gasteiger partial charge in [-0.1, -0.05) is 0 Å². The van der Waals surface area contributed by atoms with Crippen molar-refractivity contribution in [2.24, 2.45) is 0 Å². The van der Waals surface area contributed by atoms with E-state index in [0.29, 0.717) is 11.6 Å². The van der Waals surface area contributed by atoms with E-state index in [0.717, 1.165) is 35.7 Å². The van der Waals surface area contributed by atoms with E-state index in [1.165, 1.54) is 0 Å². The van der Waals surface area contributed by atoms with Crippen LogP contribution in [0.4, 0.5) is 5.82 Å². The monoisotopic (exact) mass is 293 g/mol. The van der Waals surface area contributed by atoms with Crippen LogP contribution in [0.25, 0.3) is 22.3 Å². The van der Waals surface area contributed by atoms with E-state index in [4.69, 9.17) is 0 Å². The second-order valence-electron chi connectivity index (χ2n) is 5.53. The fraction of sp³-hybridized carbons (Fsp3) is 0.250. The number of pyridine rings is 2. The lowest BCUT2D eigenvalue weighted by Gasteiger charge is -2.37. The molecule has 0 radical (unpaired) electrons. The summed E-state index contributed by atoms with van der Waals surface area (Å²) in [5, 5.41) is 14.4. The Labute approximate surface area is 127 Å². The van der Waals surface area contributed by atoms with Gasteiger partial charge in [-0.3, -0.25) is 9.97 Å². The van der Waals surface area contributed by atoms with Crippen LogP contribution in [0.15, 0.2) is 43.0 Å². The molecule has 3 heterocycles. The SMILES string of the molecule is OC1(Nc2nc(-c3ccncc3)nc3cnccc23)CCC1. The number of nitrogens with one attached hydrogen (secondary N) is 1. The molecule has 0 aromatic carbocycles. The Morgan fingerprint density at radius 3 is 2.50 bits per heavy atom. The molecular formula is C16H15N5O. The number of hydrogen-bond acceptors (Lipinski definition) is 6. The molecule has 1 aliphatic rings. The number of rotatable bonds is 3. The zero-order valence-electron chi connectivity index (χ0n) is 11.9. The van der Waals surface area contributed by atoms with Gasteiger partial charge < -0.3 is 10.4 Å². The van der Waals surface area contributed by atoms with E-state index in [2.05, 4.69) is 25.3 Å². The summed E-state index contributed by atoms with van der Waals surface area (Å²) >= 11 is 0. The highest BCUT2D eigenvalue weighted by Crippen LogP contribution is 2.34. The standard InChI is InChI=1S/C16H15N5O/c22-16(5-1-6-16)21-15-12-4-9-18-10-13(12)19-14(20-15)11-2-7-17-8-3-11/h2-4,7-10,22H,1,5-6H2,(H,19,20,21). The predicted octanol–water partition coefficient (Wildman–Crippen LogP) is 2.37. The number of fused-ring (bicyclic) bond motifs is 1. The van der Waals surface area contributed by atoms with E-state index >= 15 is 0 Å². The molecule has 4 rings (SSSR count). The molecule has 0 amide bonds. The molecular weight excluding hydrogens is 278 g/mol. The molecule has 0 unspecified atom stereocenters. The molecule has 0 saturated heterocycles. The summed E-state index contributed by atoms with van der Waals surface area (Å²) in [5.41, 5.74) is 0.763. The van der Waals surface area contributed by atoms with Crippen molar-refractivity contribution < 1.29 is 5.11 Å². The summed E-state index contributed by atoms with van der Waals surface area (Å²) in [6.07, 6.45) is 9.30. The second-order valence-corrected chi connectivity index (χ2v) is 5.53. The van der Waals surface area contributed by atoms with Gasteiger partial charge in [0.1, 0.15) is 11.5 Å². The van der Waals surface area contributed by atoms with E-state index in [-0.39, 0.29) is 0 Å². The smallest absolute Gasteiger partial charge is 0.162 e. The molecule has 2 N–H and O–H groups in total. The van der Waals surface area contributed by atoms with Crippen molar-refractivity contribution in [2.75, 3.05) is 5.32 Å². The first-order valence-electron chi connectivity index (χ1n) is 7.26. The third kappa shape index (κ3) is 2.27. The van der Waals surface area contributed by atoms with Gasteiger partial charge in [-0.2, -0.15) is 0 Å². The Kier molecular flexibility index (Phi) is 2.97. The van der Waals surface area contributed by atoms with E-state index in [1.54, 1.807) is 24.8 Å². The molecule has 110 valence electrons. The van der Waals surface area contributed by atoms with Crippen molar-refractivity contribution in [3.63, 3.8) is 0 Å². The molecule has 3 aromatic heterocycles. The molecule has 0 spiro atoms. The highest BCUT2D eigenvalue weighted by molar-refractivity contribution is 5.90. The van der Waals surface area contributed by atoms with Gasteiger partial charge >= 0.3 is 0 Å². The Morgan fingerprint density at radius 2 is 1.77 bits per heavy atom. The zero-order chi connectivity index (χ0) is 15.0. The van der Waals surface area contributed by atoms with Gasteiger partial charge in [0.25, 0.3) is 0 Å². The van der Waals surface area contributed by atoms with Crippen LogP contribution in [-0.2, 0) is 0 Å². The maximum Gasteiger partial charge on any atom is 0.162 e. The van der Waals surface area contributed by atoms with Crippen LogP contribution in [0.2, 0.25) is 0 Å². The van der Waals surface area contributed by atoms with Crippen molar-refractivity contribution in [1.29, 1.82) is 0 Å². The topological polar surface area (TPSA) is 83.8 Å². The van der Waals surface area contributed by atoms with Gasteiger partial charge in [-0.15, -0.1) is 0 Å². The lowest BCUT2D eigenvalue weighted by Crippen LogP contribution is -2.45. The first-order chi connectivity index (χ1) is 10.7. The molecule has 22 heavy (non-hydrogen) atoms. The minimum Gasteiger partial charge on any atom is -0.371 e. The molecule has 0 bridgehead atoms. The summed E-state index contributed by atoms with van der Waals surface area (Å²) in [7, 11) is 0.